The van der Waals surface area contributed by atoms with E-state index in [1.54, 1.807) is 0 Å². The van der Waals surface area contributed by atoms with Crippen LogP contribution < -0.4 is 20.7 Å². The lowest BCUT2D eigenvalue weighted by Gasteiger charge is -2.21. The van der Waals surface area contributed by atoms with E-state index in [4.69, 9.17) is 20.0 Å². The molecule has 2 aliphatic rings. The Morgan fingerprint density at radius 1 is 1.21 bits per heavy atom. The van der Waals surface area contributed by atoms with Crippen molar-refractivity contribution < 1.29 is 14.3 Å². The maximum Gasteiger partial charge on any atom is 0.231 e. The van der Waals surface area contributed by atoms with Crippen molar-refractivity contribution in [3.8, 4) is 11.5 Å². The van der Waals surface area contributed by atoms with Gasteiger partial charge in [0.2, 0.25) is 6.79 Å². The third-order valence-electron chi connectivity index (χ3n) is 3.89. The average molecular weight is 327 g/mol. The number of rotatable bonds is 5. The molecule has 8 heteroatoms. The molecule has 0 spiro atoms. The first-order valence-electron chi connectivity index (χ1n) is 7.59. The Hall–Kier alpha value is -2.68. The van der Waals surface area contributed by atoms with Crippen molar-refractivity contribution in [2.75, 3.05) is 6.79 Å². The van der Waals surface area contributed by atoms with Crippen LogP contribution >= 0.6 is 0 Å². The van der Waals surface area contributed by atoms with E-state index in [0.717, 1.165) is 28.2 Å². The summed E-state index contributed by atoms with van der Waals surface area (Å²) < 4.78 is 10.7. The molecule has 2 aromatic rings. The van der Waals surface area contributed by atoms with Crippen LogP contribution in [0.15, 0.2) is 52.8 Å². The molecule has 0 radical (unpaired) electrons. The number of ether oxygens (including phenoxy) is 2. The second-order valence-electron chi connectivity index (χ2n) is 5.38. The number of fused-ring (bicyclic) bond motifs is 1. The second kappa shape index (κ2) is 6.44. The Kier molecular flexibility index (Phi) is 3.99. The topological polar surface area (TPSA) is 93.7 Å². The summed E-state index contributed by atoms with van der Waals surface area (Å²) in [5, 5.41) is 9.55. The van der Waals surface area contributed by atoms with Crippen LogP contribution in [0.2, 0.25) is 0 Å². The Labute approximate surface area is 138 Å². The highest BCUT2D eigenvalue weighted by Gasteiger charge is 2.27. The number of hydroxylamine groups is 1. The minimum absolute atomic E-state index is 0.253. The monoisotopic (exact) mass is 327 g/mol. The predicted octanol–water partition coefficient (Wildman–Crippen LogP) is 2.19. The van der Waals surface area contributed by atoms with Gasteiger partial charge in [0.1, 0.15) is 0 Å². The maximum atomic E-state index is 5.81. The predicted molar refractivity (Wildman–Crippen MR) is 84.3 cm³/mol. The van der Waals surface area contributed by atoms with Gasteiger partial charge in [-0.2, -0.15) is 5.53 Å². The Balaban J connectivity index is 1.46. The summed E-state index contributed by atoms with van der Waals surface area (Å²) in [5.74, 6) is 1.47. The molecule has 0 amide bonds. The van der Waals surface area contributed by atoms with Crippen LogP contribution in [-0.2, 0) is 18.0 Å². The van der Waals surface area contributed by atoms with Gasteiger partial charge in [-0.25, -0.2) is 0 Å². The molecular formula is C16H17N5O3. The maximum absolute atomic E-state index is 5.81. The quantitative estimate of drug-likeness (QED) is 0.874. The smallest absolute Gasteiger partial charge is 0.231 e. The largest absolute Gasteiger partial charge is 0.454 e. The number of nitrogens with two attached hydrogens (primary N) is 1. The molecule has 2 aromatic carbocycles. The SMILES string of the molecule is NCc1ccccc1C1N=NNN1OCc1ccc2c(c1)OCO2. The fraction of sp³-hybridized carbons (Fsp3) is 0.250. The normalized spacial score (nSPS) is 18.8. The Bertz CT molecular complexity index is 767. The van der Waals surface area contributed by atoms with E-state index in [2.05, 4.69) is 15.9 Å². The Morgan fingerprint density at radius 2 is 2.08 bits per heavy atom. The molecule has 0 saturated carbocycles. The lowest BCUT2D eigenvalue weighted by Crippen LogP contribution is -2.33. The number of hydrogen-bond acceptors (Lipinski definition) is 8. The molecule has 1 atom stereocenters. The van der Waals surface area contributed by atoms with Gasteiger partial charge < -0.3 is 15.2 Å². The summed E-state index contributed by atoms with van der Waals surface area (Å²) in [6.07, 6.45) is -0.376. The van der Waals surface area contributed by atoms with E-state index in [1.165, 1.54) is 5.17 Å². The van der Waals surface area contributed by atoms with Crippen molar-refractivity contribution in [1.29, 1.82) is 0 Å². The molecule has 4 rings (SSSR count). The molecule has 124 valence electrons. The van der Waals surface area contributed by atoms with Crippen molar-refractivity contribution in [3.05, 3.63) is 59.2 Å². The van der Waals surface area contributed by atoms with Gasteiger partial charge in [-0.05, 0) is 23.3 Å². The highest BCUT2D eigenvalue weighted by Crippen LogP contribution is 2.33. The highest BCUT2D eigenvalue weighted by atomic mass is 16.7. The molecule has 0 saturated heterocycles. The number of hydrazine groups is 1. The second-order valence-corrected chi connectivity index (χ2v) is 5.38. The lowest BCUT2D eigenvalue weighted by atomic mass is 10.1. The average Bonchev–Trinajstić information content (AvgIpc) is 3.28. The minimum atomic E-state index is -0.376. The number of benzene rings is 2. The first-order chi connectivity index (χ1) is 11.8. The van der Waals surface area contributed by atoms with Crippen molar-refractivity contribution in [3.63, 3.8) is 0 Å². The van der Waals surface area contributed by atoms with Crippen LogP contribution in [0.1, 0.15) is 22.9 Å². The van der Waals surface area contributed by atoms with E-state index < -0.39 is 0 Å². The summed E-state index contributed by atoms with van der Waals surface area (Å²) in [6.45, 7) is 1.02. The molecule has 2 aliphatic heterocycles. The molecule has 2 heterocycles. The number of hydrogen-bond donors (Lipinski definition) is 2. The lowest BCUT2D eigenvalue weighted by molar-refractivity contribution is -0.218. The summed E-state index contributed by atoms with van der Waals surface area (Å²) in [4.78, 5) is 5.81. The van der Waals surface area contributed by atoms with Gasteiger partial charge >= 0.3 is 0 Å². The summed E-state index contributed by atoms with van der Waals surface area (Å²) in [6, 6.07) is 13.5. The van der Waals surface area contributed by atoms with Gasteiger partial charge in [0.05, 0.1) is 6.61 Å². The van der Waals surface area contributed by atoms with Crippen molar-refractivity contribution >= 4 is 0 Å². The molecule has 3 N–H and O–H groups in total. The molecular weight excluding hydrogens is 310 g/mol. The van der Waals surface area contributed by atoms with Crippen LogP contribution in [0.4, 0.5) is 0 Å². The minimum Gasteiger partial charge on any atom is -0.454 e. The zero-order valence-corrected chi connectivity index (χ0v) is 12.9. The summed E-state index contributed by atoms with van der Waals surface area (Å²) >= 11 is 0. The standard InChI is InChI=1S/C16H17N5O3/c17-8-12-3-1-2-4-13(12)16-18-19-20-21(16)24-9-11-5-6-14-15(7-11)23-10-22-14/h1-7,16H,8-10,17H2,(H,18,20). The van der Waals surface area contributed by atoms with Gasteiger partial charge in [0.25, 0.3) is 0 Å². The molecule has 0 aliphatic carbocycles. The molecule has 0 bridgehead atoms. The van der Waals surface area contributed by atoms with Gasteiger partial charge in [-0.3, -0.25) is 4.84 Å². The van der Waals surface area contributed by atoms with Crippen molar-refractivity contribution in [1.82, 2.24) is 10.7 Å². The first-order valence-corrected chi connectivity index (χ1v) is 7.59. The van der Waals surface area contributed by atoms with Gasteiger partial charge in [-0.15, -0.1) is 5.11 Å². The molecule has 0 aromatic heterocycles. The molecule has 24 heavy (non-hydrogen) atoms. The van der Waals surface area contributed by atoms with Crippen LogP contribution in [0.25, 0.3) is 0 Å². The number of nitrogens with one attached hydrogen (secondary N) is 1. The van der Waals surface area contributed by atoms with E-state index in [0.29, 0.717) is 13.2 Å². The summed E-state index contributed by atoms with van der Waals surface area (Å²) in [7, 11) is 0. The first kappa shape index (κ1) is 14.9. The molecule has 1 unspecified atom stereocenters. The third kappa shape index (κ3) is 2.78. The van der Waals surface area contributed by atoms with Crippen molar-refractivity contribution in [2.24, 2.45) is 16.1 Å². The fourth-order valence-corrected chi connectivity index (χ4v) is 2.66. The van der Waals surface area contributed by atoms with E-state index in [9.17, 15) is 0 Å². The third-order valence-corrected chi connectivity index (χ3v) is 3.89. The Morgan fingerprint density at radius 3 is 3.00 bits per heavy atom. The van der Waals surface area contributed by atoms with Gasteiger partial charge in [0, 0.05) is 12.1 Å². The van der Waals surface area contributed by atoms with Crippen LogP contribution in [0, 0.1) is 0 Å². The molecule has 8 nitrogen and oxygen atoms in total. The van der Waals surface area contributed by atoms with Gasteiger partial charge in [-0.1, -0.05) is 40.7 Å². The van der Waals surface area contributed by atoms with E-state index >= 15 is 0 Å². The molecule has 0 fully saturated rings. The summed E-state index contributed by atoms with van der Waals surface area (Å²) in [5.41, 5.74) is 11.5. The van der Waals surface area contributed by atoms with E-state index in [-0.39, 0.29) is 13.0 Å². The van der Waals surface area contributed by atoms with E-state index in [1.807, 2.05) is 42.5 Å². The van der Waals surface area contributed by atoms with Crippen LogP contribution in [0.5, 0.6) is 11.5 Å². The zero-order chi connectivity index (χ0) is 16.4. The van der Waals surface area contributed by atoms with Crippen LogP contribution in [-0.4, -0.2) is 12.0 Å². The zero-order valence-electron chi connectivity index (χ0n) is 12.9. The van der Waals surface area contributed by atoms with Crippen molar-refractivity contribution in [2.45, 2.75) is 19.3 Å². The number of nitrogens with zero attached hydrogens (tertiary/aromatic N) is 3. The fourth-order valence-electron chi connectivity index (χ4n) is 2.66. The van der Waals surface area contributed by atoms with Crippen LogP contribution in [0.3, 0.4) is 0 Å². The highest BCUT2D eigenvalue weighted by molar-refractivity contribution is 5.44. The van der Waals surface area contributed by atoms with Gasteiger partial charge in [0.15, 0.2) is 17.7 Å².